The topological polar surface area (TPSA) is 60.7 Å². The van der Waals surface area contributed by atoms with Gasteiger partial charge in [-0.05, 0) is 12.1 Å². The van der Waals surface area contributed by atoms with Gasteiger partial charge >= 0.3 is 0 Å². The Kier molecular flexibility index (Phi) is 3.23. The fourth-order valence-electron chi connectivity index (χ4n) is 3.01. The zero-order valence-corrected chi connectivity index (χ0v) is 12.7. The molecule has 0 aliphatic carbocycles. The molecule has 1 aromatic heterocycles. The van der Waals surface area contributed by atoms with Crippen molar-refractivity contribution < 1.29 is 13.2 Å². The van der Waals surface area contributed by atoms with Crippen LogP contribution >= 0.6 is 0 Å². The molecule has 25 heavy (non-hydrogen) atoms. The summed E-state index contributed by atoms with van der Waals surface area (Å²) in [6.45, 7) is 0. The summed E-state index contributed by atoms with van der Waals surface area (Å²) in [4.78, 5) is 0. The lowest BCUT2D eigenvalue weighted by atomic mass is 9.95. The van der Waals surface area contributed by atoms with Gasteiger partial charge in [0.2, 0.25) is 0 Å². The Morgan fingerprint density at radius 1 is 0.880 bits per heavy atom. The lowest BCUT2D eigenvalue weighted by Crippen LogP contribution is -1.98. The molecule has 0 fully saturated rings. The second-order valence-corrected chi connectivity index (χ2v) is 5.47. The fourth-order valence-corrected chi connectivity index (χ4v) is 3.01. The molecule has 1 heterocycles. The number of nitrogens with zero attached hydrogens (tertiary/aromatic N) is 2. The van der Waals surface area contributed by atoms with E-state index in [1.165, 1.54) is 0 Å². The highest BCUT2D eigenvalue weighted by molar-refractivity contribution is 6.09. The molecule has 0 radical (unpaired) electrons. The van der Waals surface area contributed by atoms with Crippen molar-refractivity contribution in [3.05, 3.63) is 71.3 Å². The fraction of sp³-hybridized carbons (Fsp3) is 0. The smallest absolute Gasteiger partial charge is 0.150 e. The van der Waals surface area contributed by atoms with E-state index in [4.69, 9.17) is 9.68 Å². The molecule has 3 aromatic carbocycles. The normalized spacial score (nSPS) is 10.7. The molecule has 118 valence electrons. The van der Waals surface area contributed by atoms with Crippen molar-refractivity contribution in [3.8, 4) is 23.3 Å². The third-order valence-corrected chi connectivity index (χ3v) is 4.12. The number of rotatable bonds is 1. The van der Waals surface area contributed by atoms with E-state index in [1.807, 2.05) is 18.2 Å². The van der Waals surface area contributed by atoms with Gasteiger partial charge in [0.25, 0.3) is 0 Å². The first-order valence-corrected chi connectivity index (χ1v) is 7.38. The maximum absolute atomic E-state index is 14.8. The molecule has 0 N–H and O–H groups in total. The lowest BCUT2D eigenvalue weighted by molar-refractivity contribution is 0.596. The van der Waals surface area contributed by atoms with Crippen LogP contribution in [0.5, 0.6) is 0 Å². The van der Waals surface area contributed by atoms with Crippen LogP contribution in [0.1, 0.15) is 11.1 Å². The van der Waals surface area contributed by atoms with E-state index in [0.29, 0.717) is 11.2 Å². The average Bonchev–Trinajstić information content (AvgIpc) is 3.02. The molecule has 5 heteroatoms. The molecule has 0 unspecified atom stereocenters. The predicted octanol–water partition coefficient (Wildman–Crippen LogP) is 5.27. The summed E-state index contributed by atoms with van der Waals surface area (Å²) in [7, 11) is 0. The van der Waals surface area contributed by atoms with Crippen molar-refractivity contribution in [3.63, 3.8) is 0 Å². The number of hydrogen-bond acceptors (Lipinski definition) is 3. The molecule has 0 atom stereocenters. The largest absolute Gasteiger partial charge is 0.455 e. The summed E-state index contributed by atoms with van der Waals surface area (Å²) >= 11 is 0. The molecule has 0 saturated carbocycles. The Morgan fingerprint density at radius 3 is 2.40 bits per heavy atom. The quantitative estimate of drug-likeness (QED) is 0.477. The van der Waals surface area contributed by atoms with Gasteiger partial charge in [-0.2, -0.15) is 10.5 Å². The Bertz CT molecular complexity index is 1240. The van der Waals surface area contributed by atoms with Crippen LogP contribution in [0.3, 0.4) is 0 Å². The summed E-state index contributed by atoms with van der Waals surface area (Å²) in [6, 6.07) is 16.4. The monoisotopic (exact) mass is 330 g/mol. The van der Waals surface area contributed by atoms with E-state index in [0.717, 1.165) is 16.8 Å². The number of hydrogen-bond donors (Lipinski definition) is 0. The Balaban J connectivity index is 2.18. The van der Waals surface area contributed by atoms with E-state index in [2.05, 4.69) is 0 Å². The van der Waals surface area contributed by atoms with Crippen LogP contribution in [-0.2, 0) is 0 Å². The Labute approximate surface area is 140 Å². The maximum Gasteiger partial charge on any atom is 0.150 e. The van der Waals surface area contributed by atoms with Gasteiger partial charge in [0.1, 0.15) is 34.9 Å². The van der Waals surface area contributed by atoms with Crippen molar-refractivity contribution in [2.75, 3.05) is 0 Å². The molecule has 4 rings (SSSR count). The number of fused-ring (bicyclic) bond motifs is 3. The van der Waals surface area contributed by atoms with Gasteiger partial charge in [-0.1, -0.05) is 36.4 Å². The minimum Gasteiger partial charge on any atom is -0.455 e. The first-order valence-electron chi connectivity index (χ1n) is 7.38. The van der Waals surface area contributed by atoms with E-state index in [-0.39, 0.29) is 11.1 Å². The number of furan rings is 1. The average molecular weight is 330 g/mol. The first kappa shape index (κ1) is 14.9. The minimum atomic E-state index is -0.941. The van der Waals surface area contributed by atoms with Crippen LogP contribution in [0, 0.1) is 34.3 Å². The van der Waals surface area contributed by atoms with Crippen molar-refractivity contribution in [2.24, 2.45) is 0 Å². The van der Waals surface area contributed by atoms with Crippen LogP contribution in [0.2, 0.25) is 0 Å². The molecule has 0 amide bonds. The molecular formula is C20H8F2N2O. The first-order chi connectivity index (χ1) is 12.2. The van der Waals surface area contributed by atoms with Gasteiger partial charge in [0.15, 0.2) is 0 Å². The van der Waals surface area contributed by atoms with E-state index in [1.54, 1.807) is 36.4 Å². The summed E-state index contributed by atoms with van der Waals surface area (Å²) in [5, 5.41) is 19.9. The highest BCUT2D eigenvalue weighted by Gasteiger charge is 2.23. The molecule has 3 nitrogen and oxygen atoms in total. The van der Waals surface area contributed by atoms with Gasteiger partial charge in [-0.15, -0.1) is 0 Å². The molecule has 0 spiro atoms. The molecule has 0 saturated heterocycles. The molecule has 0 aliphatic rings. The summed E-state index contributed by atoms with van der Waals surface area (Å²) in [6.07, 6.45) is 0. The zero-order chi connectivity index (χ0) is 17.6. The SMILES string of the molecule is N#Cc1cc(F)c(C#N)c(-c2cccc3c2oc2ccccc23)c1F. The van der Waals surface area contributed by atoms with E-state index < -0.39 is 22.8 Å². The number of halogens is 2. The number of nitriles is 2. The number of benzene rings is 3. The second kappa shape index (κ2) is 5.43. The molecular weight excluding hydrogens is 322 g/mol. The lowest BCUT2D eigenvalue weighted by Gasteiger charge is -2.09. The van der Waals surface area contributed by atoms with Crippen LogP contribution < -0.4 is 0 Å². The maximum atomic E-state index is 14.8. The van der Waals surface area contributed by atoms with E-state index in [9.17, 15) is 14.0 Å². The zero-order valence-electron chi connectivity index (χ0n) is 12.7. The molecule has 0 aliphatic heterocycles. The van der Waals surface area contributed by atoms with Crippen molar-refractivity contribution in [1.29, 1.82) is 10.5 Å². The Morgan fingerprint density at radius 2 is 1.64 bits per heavy atom. The van der Waals surface area contributed by atoms with Crippen LogP contribution in [0.25, 0.3) is 33.1 Å². The van der Waals surface area contributed by atoms with Crippen LogP contribution in [-0.4, -0.2) is 0 Å². The van der Waals surface area contributed by atoms with Gasteiger partial charge in [-0.3, -0.25) is 0 Å². The summed E-state index contributed by atoms with van der Waals surface area (Å²) < 4.78 is 34.8. The van der Waals surface area contributed by atoms with Crippen LogP contribution in [0.4, 0.5) is 8.78 Å². The molecule has 0 bridgehead atoms. The van der Waals surface area contributed by atoms with Crippen LogP contribution in [0.15, 0.2) is 52.9 Å². The minimum absolute atomic E-state index is 0.235. The van der Waals surface area contributed by atoms with E-state index >= 15 is 0 Å². The standard InChI is InChI=1S/C20H8F2N2O/c21-16-8-11(9-23)19(22)18(15(16)10-24)14-6-3-5-13-12-4-1-2-7-17(12)25-20(13)14/h1-8H. The third kappa shape index (κ3) is 2.07. The summed E-state index contributed by atoms with van der Waals surface area (Å²) in [5.41, 5.74) is 0.000826. The van der Waals surface area contributed by atoms with Crippen molar-refractivity contribution in [1.82, 2.24) is 0 Å². The van der Waals surface area contributed by atoms with Gasteiger partial charge in [-0.25, -0.2) is 8.78 Å². The van der Waals surface area contributed by atoms with Crippen molar-refractivity contribution >= 4 is 21.9 Å². The predicted molar refractivity (Wildman–Crippen MR) is 88.5 cm³/mol. The second-order valence-electron chi connectivity index (χ2n) is 5.47. The van der Waals surface area contributed by atoms with Gasteiger partial charge in [0, 0.05) is 21.9 Å². The molecule has 4 aromatic rings. The summed E-state index contributed by atoms with van der Waals surface area (Å²) in [5.74, 6) is -1.88. The highest BCUT2D eigenvalue weighted by atomic mass is 19.1. The van der Waals surface area contributed by atoms with Gasteiger partial charge in [0.05, 0.1) is 11.1 Å². The third-order valence-electron chi connectivity index (χ3n) is 4.12. The Hall–Kier alpha value is -3.70. The van der Waals surface area contributed by atoms with Gasteiger partial charge < -0.3 is 4.42 Å². The highest BCUT2D eigenvalue weighted by Crippen LogP contribution is 2.39. The van der Waals surface area contributed by atoms with Crippen molar-refractivity contribution in [2.45, 2.75) is 0 Å². The number of para-hydroxylation sites is 2.